The predicted molar refractivity (Wildman–Crippen MR) is 204 cm³/mol. The zero-order valence-corrected chi connectivity index (χ0v) is 33.1. The third-order valence-corrected chi connectivity index (χ3v) is 6.93. The molecule has 14 heteroatoms. The van der Waals surface area contributed by atoms with Crippen molar-refractivity contribution < 1.29 is 52.1 Å². The summed E-state index contributed by atoms with van der Waals surface area (Å²) in [4.78, 5) is 69.2. The van der Waals surface area contributed by atoms with E-state index in [1.54, 1.807) is 98.7 Å². The topological polar surface area (TPSA) is 182 Å². The summed E-state index contributed by atoms with van der Waals surface area (Å²) in [6, 6.07) is 10.9. The highest BCUT2D eigenvalue weighted by Crippen LogP contribution is 2.28. The normalized spacial score (nSPS) is 12.5. The Morgan fingerprint density at radius 1 is 0.800 bits per heavy atom. The van der Waals surface area contributed by atoms with Crippen LogP contribution in [0.4, 0.5) is 4.79 Å². The van der Waals surface area contributed by atoms with Gasteiger partial charge in [-0.2, -0.15) is 0 Å². The Bertz CT molecular complexity index is 1820. The maximum absolute atomic E-state index is 13.8. The van der Waals surface area contributed by atoms with Gasteiger partial charge in [0.25, 0.3) is 5.91 Å². The minimum atomic E-state index is -1.33. The molecule has 2 amide bonds. The Balaban J connectivity index is 2.04. The predicted octanol–water partition coefficient (Wildman–Crippen LogP) is 6.50. The van der Waals surface area contributed by atoms with Crippen LogP contribution in [0.1, 0.15) is 101 Å². The molecule has 1 heterocycles. The molecule has 1 atom stereocenters. The number of hydrogen-bond acceptors (Lipinski definition) is 12. The monoisotopic (exact) mass is 761 g/mol. The minimum Gasteiger partial charge on any atom is -0.497 e. The quantitative estimate of drug-likeness (QED) is 0.104. The van der Waals surface area contributed by atoms with Crippen LogP contribution in [-0.2, 0) is 52.9 Å². The number of nitrogens with zero attached hydrogens (tertiary/aromatic N) is 1. The third-order valence-electron chi connectivity index (χ3n) is 6.93. The van der Waals surface area contributed by atoms with E-state index in [1.165, 1.54) is 31.4 Å². The van der Waals surface area contributed by atoms with Gasteiger partial charge in [-0.3, -0.25) is 4.79 Å². The second kappa shape index (κ2) is 18.9. The Morgan fingerprint density at radius 3 is 1.85 bits per heavy atom. The van der Waals surface area contributed by atoms with Gasteiger partial charge in [-0.05, 0) is 109 Å². The molecule has 2 aromatic carbocycles. The van der Waals surface area contributed by atoms with Gasteiger partial charge in [-0.15, -0.1) is 0 Å². The number of carbonyl (C=O) groups excluding carboxylic acids is 5. The van der Waals surface area contributed by atoms with Crippen molar-refractivity contribution in [1.82, 2.24) is 15.6 Å². The highest BCUT2D eigenvalue weighted by Gasteiger charge is 2.28. The van der Waals surface area contributed by atoms with E-state index in [0.29, 0.717) is 28.0 Å². The fraction of sp³-hybridized carbons (Fsp3) is 0.415. The van der Waals surface area contributed by atoms with Crippen molar-refractivity contribution in [3.63, 3.8) is 0 Å². The molecule has 296 valence electrons. The van der Waals surface area contributed by atoms with Crippen LogP contribution in [0.15, 0.2) is 65.3 Å². The smallest absolute Gasteiger partial charge is 0.408 e. The lowest BCUT2D eigenvalue weighted by molar-refractivity contribution is -0.149. The van der Waals surface area contributed by atoms with Crippen LogP contribution in [-0.4, -0.2) is 64.8 Å². The van der Waals surface area contributed by atoms with Gasteiger partial charge < -0.3 is 38.7 Å². The van der Waals surface area contributed by atoms with Gasteiger partial charge in [0.05, 0.1) is 13.7 Å². The summed E-state index contributed by atoms with van der Waals surface area (Å²) in [6.07, 6.45) is 5.65. The van der Waals surface area contributed by atoms with Gasteiger partial charge in [-0.25, -0.2) is 24.2 Å². The van der Waals surface area contributed by atoms with Gasteiger partial charge in [0.2, 0.25) is 5.89 Å². The zero-order chi connectivity index (χ0) is 41.0. The van der Waals surface area contributed by atoms with E-state index in [1.807, 2.05) is 6.07 Å². The Hall–Kier alpha value is -5.92. The van der Waals surface area contributed by atoms with Crippen LogP contribution < -0.4 is 15.4 Å². The molecule has 1 aromatic heterocycles. The summed E-state index contributed by atoms with van der Waals surface area (Å²) in [7, 11) is 1.46. The molecule has 0 radical (unpaired) electrons. The van der Waals surface area contributed by atoms with Crippen LogP contribution in [0, 0.1) is 0 Å². The van der Waals surface area contributed by atoms with Crippen molar-refractivity contribution in [3.05, 3.63) is 94.7 Å². The number of methoxy groups -OCH3 is 1. The minimum absolute atomic E-state index is 0.0125. The van der Waals surface area contributed by atoms with Gasteiger partial charge in [-0.1, -0.05) is 30.3 Å². The standard InChI is InChI=1S/C41H51N3O11/c1-39(2,3)53-34(45)18-16-27-20-29(50-10)21-28(17-19-35(46)54-40(4,5)6)30(27)22-31(37(48)52-24-26-14-12-11-13-15-26)44-36(47)32-25-51-33(43-32)23-42-38(49)55-41(7,8)9/h11-21,25,31H,22-24H2,1-10H3,(H,42,49)(H,44,47)/b18-16+,19-17+/t31-/m0/s1. The van der Waals surface area contributed by atoms with Crippen molar-refractivity contribution >= 4 is 42.1 Å². The summed E-state index contributed by atoms with van der Waals surface area (Å²) in [5, 5.41) is 5.20. The van der Waals surface area contributed by atoms with Crippen LogP contribution in [0.5, 0.6) is 5.75 Å². The molecule has 0 aliphatic rings. The second-order valence-corrected chi connectivity index (χ2v) is 15.3. The van der Waals surface area contributed by atoms with Crippen LogP contribution in [0.3, 0.4) is 0 Å². The molecule has 0 bridgehead atoms. The maximum Gasteiger partial charge on any atom is 0.408 e. The average Bonchev–Trinajstić information content (AvgIpc) is 3.55. The van der Waals surface area contributed by atoms with E-state index in [0.717, 1.165) is 6.26 Å². The number of rotatable bonds is 14. The number of ether oxygens (including phenoxy) is 5. The first-order chi connectivity index (χ1) is 25.6. The first kappa shape index (κ1) is 43.5. The van der Waals surface area contributed by atoms with Gasteiger partial charge in [0, 0.05) is 18.6 Å². The number of amides is 2. The van der Waals surface area contributed by atoms with Crippen molar-refractivity contribution in [3.8, 4) is 5.75 Å². The van der Waals surface area contributed by atoms with Gasteiger partial charge in [0.15, 0.2) is 5.69 Å². The lowest BCUT2D eigenvalue weighted by atomic mass is 9.93. The lowest BCUT2D eigenvalue weighted by Gasteiger charge is -2.21. The zero-order valence-electron chi connectivity index (χ0n) is 33.1. The summed E-state index contributed by atoms with van der Waals surface area (Å²) in [5.41, 5.74) is -0.434. The summed E-state index contributed by atoms with van der Waals surface area (Å²) >= 11 is 0. The summed E-state index contributed by atoms with van der Waals surface area (Å²) in [5.74, 6) is -2.42. The molecular formula is C41H51N3O11. The summed E-state index contributed by atoms with van der Waals surface area (Å²) < 4.78 is 32.7. The fourth-order valence-electron chi connectivity index (χ4n) is 4.74. The molecule has 0 unspecified atom stereocenters. The van der Waals surface area contributed by atoms with E-state index in [2.05, 4.69) is 15.6 Å². The molecule has 0 spiro atoms. The highest BCUT2D eigenvalue weighted by molar-refractivity contribution is 5.95. The molecule has 2 N–H and O–H groups in total. The first-order valence-electron chi connectivity index (χ1n) is 17.6. The van der Waals surface area contributed by atoms with E-state index in [-0.39, 0.29) is 31.2 Å². The number of carbonyl (C=O) groups is 5. The number of esters is 3. The molecule has 55 heavy (non-hydrogen) atoms. The number of aromatic nitrogens is 1. The maximum atomic E-state index is 13.8. The van der Waals surface area contributed by atoms with Gasteiger partial charge >= 0.3 is 24.0 Å². The lowest BCUT2D eigenvalue weighted by Crippen LogP contribution is -2.43. The molecule has 0 fully saturated rings. The Morgan fingerprint density at radius 2 is 1.35 bits per heavy atom. The van der Waals surface area contributed by atoms with E-state index < -0.39 is 52.8 Å². The number of oxazole rings is 1. The van der Waals surface area contributed by atoms with Crippen molar-refractivity contribution in [2.45, 2.75) is 105 Å². The fourth-order valence-corrected chi connectivity index (χ4v) is 4.74. The van der Waals surface area contributed by atoms with E-state index in [4.69, 9.17) is 28.1 Å². The molecule has 0 aliphatic heterocycles. The summed E-state index contributed by atoms with van der Waals surface area (Å²) in [6.45, 7) is 15.3. The number of nitrogens with one attached hydrogen (secondary N) is 2. The average molecular weight is 762 g/mol. The number of alkyl carbamates (subject to hydrolysis) is 1. The van der Waals surface area contributed by atoms with Crippen LogP contribution in [0.2, 0.25) is 0 Å². The van der Waals surface area contributed by atoms with Crippen molar-refractivity contribution in [2.75, 3.05) is 7.11 Å². The van der Waals surface area contributed by atoms with E-state index in [9.17, 15) is 24.0 Å². The Kier molecular flexibility index (Phi) is 14.9. The second-order valence-electron chi connectivity index (χ2n) is 15.3. The Labute approximate surface area is 321 Å². The van der Waals surface area contributed by atoms with Crippen LogP contribution in [0.25, 0.3) is 12.2 Å². The van der Waals surface area contributed by atoms with Crippen LogP contribution >= 0.6 is 0 Å². The molecule has 0 aliphatic carbocycles. The number of benzene rings is 2. The molecular weight excluding hydrogens is 710 g/mol. The first-order valence-corrected chi connectivity index (χ1v) is 17.6. The van der Waals surface area contributed by atoms with Crippen molar-refractivity contribution in [2.24, 2.45) is 0 Å². The molecule has 14 nitrogen and oxygen atoms in total. The molecule has 0 saturated carbocycles. The third kappa shape index (κ3) is 15.9. The number of hydrogen-bond donors (Lipinski definition) is 2. The molecule has 0 saturated heterocycles. The van der Waals surface area contributed by atoms with Gasteiger partial charge in [0.1, 0.15) is 41.5 Å². The van der Waals surface area contributed by atoms with E-state index >= 15 is 0 Å². The molecule has 3 rings (SSSR count). The SMILES string of the molecule is COc1cc(/C=C/C(=O)OC(C)(C)C)c(C[C@H](NC(=O)c2coc(CNC(=O)OC(C)(C)C)n2)C(=O)OCc2ccccc2)c(/C=C/C(=O)OC(C)(C)C)c1. The molecule has 3 aromatic rings. The highest BCUT2D eigenvalue weighted by atomic mass is 16.6. The van der Waals surface area contributed by atoms with Crippen molar-refractivity contribution in [1.29, 1.82) is 0 Å². The largest absolute Gasteiger partial charge is 0.497 e.